The van der Waals surface area contributed by atoms with Crippen molar-refractivity contribution >= 4 is 0 Å². The highest BCUT2D eigenvalue weighted by Crippen LogP contribution is 2.22. The quantitative estimate of drug-likeness (QED) is 0.861. The van der Waals surface area contributed by atoms with Gasteiger partial charge in [-0.05, 0) is 31.5 Å². The minimum Gasteiger partial charge on any atom is -0.319 e. The molecule has 0 unspecified atom stereocenters. The monoisotopic (exact) mass is 230 g/mol. The molecule has 0 radical (unpaired) electrons. The van der Waals surface area contributed by atoms with Crippen LogP contribution in [-0.2, 0) is 0 Å². The maximum Gasteiger partial charge on any atom is 0.146 e. The van der Waals surface area contributed by atoms with Crippen LogP contribution in [0.15, 0.2) is 36.5 Å². The number of pyridine rings is 1. The van der Waals surface area contributed by atoms with Crippen LogP contribution in [0.1, 0.15) is 28.4 Å². The first-order valence-corrected chi connectivity index (χ1v) is 5.52. The summed E-state index contributed by atoms with van der Waals surface area (Å²) in [6.07, 6.45) is 1.56. The Hall–Kier alpha value is -1.74. The van der Waals surface area contributed by atoms with Crippen molar-refractivity contribution in [1.29, 1.82) is 0 Å². The largest absolute Gasteiger partial charge is 0.319 e. The standard InChI is InChI=1S/C14H15FN2/c1-9-6-10(2)8-11(7-9)13(16)14-12(15)4-3-5-17-14/h3-8,13H,16H2,1-2H3/t13-/m0/s1. The summed E-state index contributed by atoms with van der Waals surface area (Å²) in [6, 6.07) is 8.41. The molecule has 0 bridgehead atoms. The fraction of sp³-hybridized carbons (Fsp3) is 0.214. The molecule has 0 saturated carbocycles. The highest BCUT2D eigenvalue weighted by Gasteiger charge is 2.15. The van der Waals surface area contributed by atoms with Crippen LogP contribution in [0.5, 0.6) is 0 Å². The van der Waals surface area contributed by atoms with Gasteiger partial charge in [-0.15, -0.1) is 0 Å². The van der Waals surface area contributed by atoms with Crippen LogP contribution < -0.4 is 5.73 Å². The van der Waals surface area contributed by atoms with Crippen molar-refractivity contribution in [3.05, 3.63) is 64.7 Å². The lowest BCUT2D eigenvalue weighted by atomic mass is 9.99. The fourth-order valence-electron chi connectivity index (χ4n) is 1.97. The highest BCUT2D eigenvalue weighted by molar-refractivity contribution is 5.34. The lowest BCUT2D eigenvalue weighted by Crippen LogP contribution is -2.15. The number of hydrogen-bond donors (Lipinski definition) is 1. The third-order valence-electron chi connectivity index (χ3n) is 2.68. The normalized spacial score (nSPS) is 12.5. The van der Waals surface area contributed by atoms with Crippen molar-refractivity contribution in [3.63, 3.8) is 0 Å². The van der Waals surface area contributed by atoms with E-state index in [1.54, 1.807) is 12.3 Å². The average Bonchev–Trinajstić information content (AvgIpc) is 2.27. The summed E-state index contributed by atoms with van der Waals surface area (Å²) in [7, 11) is 0. The van der Waals surface area contributed by atoms with Gasteiger partial charge in [0, 0.05) is 6.20 Å². The van der Waals surface area contributed by atoms with Gasteiger partial charge in [-0.1, -0.05) is 29.3 Å². The molecule has 1 aromatic heterocycles. The van der Waals surface area contributed by atoms with Crippen LogP contribution in [0.3, 0.4) is 0 Å². The lowest BCUT2D eigenvalue weighted by molar-refractivity contribution is 0.586. The number of aryl methyl sites for hydroxylation is 2. The summed E-state index contributed by atoms with van der Waals surface area (Å²) < 4.78 is 13.6. The molecular weight excluding hydrogens is 215 g/mol. The number of benzene rings is 1. The Morgan fingerprint density at radius 1 is 1.18 bits per heavy atom. The molecule has 2 aromatic rings. The van der Waals surface area contributed by atoms with Crippen LogP contribution in [0.2, 0.25) is 0 Å². The van der Waals surface area contributed by atoms with Gasteiger partial charge in [-0.3, -0.25) is 4.98 Å². The Morgan fingerprint density at radius 2 is 1.82 bits per heavy atom. The molecule has 0 aliphatic rings. The molecule has 88 valence electrons. The van der Waals surface area contributed by atoms with Gasteiger partial charge in [-0.2, -0.15) is 0 Å². The van der Waals surface area contributed by atoms with Crippen molar-refractivity contribution in [2.24, 2.45) is 5.73 Å². The van der Waals surface area contributed by atoms with E-state index in [9.17, 15) is 4.39 Å². The number of rotatable bonds is 2. The van der Waals surface area contributed by atoms with E-state index in [0.29, 0.717) is 0 Å². The van der Waals surface area contributed by atoms with Gasteiger partial charge in [0.25, 0.3) is 0 Å². The zero-order valence-corrected chi connectivity index (χ0v) is 9.94. The minimum atomic E-state index is -0.519. The molecular formula is C14H15FN2. The zero-order valence-electron chi connectivity index (χ0n) is 9.94. The molecule has 2 nitrogen and oxygen atoms in total. The molecule has 0 aliphatic carbocycles. The summed E-state index contributed by atoms with van der Waals surface area (Å²) in [6.45, 7) is 4.00. The molecule has 2 rings (SSSR count). The van der Waals surface area contributed by atoms with Crippen LogP contribution in [-0.4, -0.2) is 4.98 Å². The third kappa shape index (κ3) is 2.50. The molecule has 1 heterocycles. The smallest absolute Gasteiger partial charge is 0.146 e. The van der Waals surface area contributed by atoms with Crippen molar-refractivity contribution in [1.82, 2.24) is 4.98 Å². The average molecular weight is 230 g/mol. The molecule has 1 aromatic carbocycles. The molecule has 0 saturated heterocycles. The van der Waals surface area contributed by atoms with Crippen LogP contribution in [0, 0.1) is 19.7 Å². The molecule has 17 heavy (non-hydrogen) atoms. The number of halogens is 1. The lowest BCUT2D eigenvalue weighted by Gasteiger charge is -2.13. The maximum atomic E-state index is 13.6. The molecule has 1 atom stereocenters. The van der Waals surface area contributed by atoms with E-state index in [-0.39, 0.29) is 11.5 Å². The highest BCUT2D eigenvalue weighted by atomic mass is 19.1. The fourth-order valence-corrected chi connectivity index (χ4v) is 1.97. The molecule has 0 spiro atoms. The van der Waals surface area contributed by atoms with Gasteiger partial charge >= 0.3 is 0 Å². The van der Waals surface area contributed by atoms with E-state index in [0.717, 1.165) is 16.7 Å². The third-order valence-corrected chi connectivity index (χ3v) is 2.68. The van der Waals surface area contributed by atoms with E-state index in [4.69, 9.17) is 5.73 Å². The minimum absolute atomic E-state index is 0.289. The van der Waals surface area contributed by atoms with E-state index in [1.807, 2.05) is 26.0 Å². The molecule has 0 amide bonds. The maximum absolute atomic E-state index is 13.6. The van der Waals surface area contributed by atoms with Gasteiger partial charge in [0.2, 0.25) is 0 Å². The van der Waals surface area contributed by atoms with E-state index >= 15 is 0 Å². The van der Waals surface area contributed by atoms with Crippen LogP contribution in [0.4, 0.5) is 4.39 Å². The van der Waals surface area contributed by atoms with Crippen molar-refractivity contribution in [3.8, 4) is 0 Å². The molecule has 2 N–H and O–H groups in total. The summed E-state index contributed by atoms with van der Waals surface area (Å²) in [5.41, 5.74) is 9.47. The predicted molar refractivity (Wildman–Crippen MR) is 66.1 cm³/mol. The summed E-state index contributed by atoms with van der Waals surface area (Å²) in [5.74, 6) is -0.362. The second kappa shape index (κ2) is 4.63. The Bertz CT molecular complexity index is 517. The molecule has 3 heteroatoms. The second-order valence-corrected chi connectivity index (χ2v) is 4.27. The van der Waals surface area contributed by atoms with Gasteiger partial charge in [-0.25, -0.2) is 4.39 Å². The van der Waals surface area contributed by atoms with E-state index in [1.165, 1.54) is 6.07 Å². The first-order chi connectivity index (χ1) is 8.08. The van der Waals surface area contributed by atoms with Crippen LogP contribution in [0.25, 0.3) is 0 Å². The number of hydrogen-bond acceptors (Lipinski definition) is 2. The van der Waals surface area contributed by atoms with Gasteiger partial charge < -0.3 is 5.73 Å². The molecule has 0 fully saturated rings. The first kappa shape index (κ1) is 11.7. The first-order valence-electron chi connectivity index (χ1n) is 5.52. The number of nitrogens with two attached hydrogens (primary N) is 1. The van der Waals surface area contributed by atoms with Gasteiger partial charge in [0.15, 0.2) is 0 Å². The van der Waals surface area contributed by atoms with E-state index < -0.39 is 6.04 Å². The Morgan fingerprint density at radius 3 is 2.41 bits per heavy atom. The van der Waals surface area contributed by atoms with Crippen molar-refractivity contribution in [2.45, 2.75) is 19.9 Å². The summed E-state index contributed by atoms with van der Waals surface area (Å²) in [4.78, 5) is 4.01. The summed E-state index contributed by atoms with van der Waals surface area (Å²) >= 11 is 0. The summed E-state index contributed by atoms with van der Waals surface area (Å²) in [5, 5.41) is 0. The predicted octanol–water partition coefficient (Wildman–Crippen LogP) is 2.89. The second-order valence-electron chi connectivity index (χ2n) is 4.27. The Balaban J connectivity index is 2.43. The van der Waals surface area contributed by atoms with Gasteiger partial charge in [0.1, 0.15) is 5.82 Å². The van der Waals surface area contributed by atoms with Crippen molar-refractivity contribution in [2.75, 3.05) is 0 Å². The Labute approximate surface area is 100 Å². The molecule has 0 aliphatic heterocycles. The number of nitrogens with zero attached hydrogens (tertiary/aromatic N) is 1. The SMILES string of the molecule is Cc1cc(C)cc([C@H](N)c2ncccc2F)c1. The zero-order chi connectivity index (χ0) is 12.4. The van der Waals surface area contributed by atoms with Crippen LogP contribution >= 0.6 is 0 Å². The topological polar surface area (TPSA) is 38.9 Å². The Kier molecular flexibility index (Phi) is 3.20. The van der Waals surface area contributed by atoms with Gasteiger partial charge in [0.05, 0.1) is 11.7 Å². The van der Waals surface area contributed by atoms with Crippen molar-refractivity contribution < 1.29 is 4.39 Å². The van der Waals surface area contributed by atoms with E-state index in [2.05, 4.69) is 11.1 Å². The number of aromatic nitrogens is 1.